The SMILES string of the molecule is CCNC(=NCc1ccc(C(=O)N(C)C)cc1)NCc1cnc(C)s1.I. The molecule has 2 rings (SSSR count). The number of nitrogens with zero attached hydrogens (tertiary/aromatic N) is 3. The lowest BCUT2D eigenvalue weighted by Crippen LogP contribution is -2.36. The maximum atomic E-state index is 11.9. The van der Waals surface area contributed by atoms with E-state index in [9.17, 15) is 4.79 Å². The third kappa shape index (κ3) is 6.91. The van der Waals surface area contributed by atoms with Gasteiger partial charge in [-0.25, -0.2) is 9.98 Å². The van der Waals surface area contributed by atoms with Gasteiger partial charge in [0.1, 0.15) is 0 Å². The molecule has 2 N–H and O–H groups in total. The van der Waals surface area contributed by atoms with E-state index >= 15 is 0 Å². The standard InChI is InChI=1S/C18H25N5OS.HI/c1-5-19-18(22-12-16-11-20-13(2)25-16)21-10-14-6-8-15(9-7-14)17(24)23(3)4;/h6-9,11H,5,10,12H2,1-4H3,(H2,19,21,22);1H. The number of aliphatic imine (C=N–C) groups is 1. The van der Waals surface area contributed by atoms with E-state index < -0.39 is 0 Å². The van der Waals surface area contributed by atoms with Crippen LogP contribution in [0.2, 0.25) is 0 Å². The van der Waals surface area contributed by atoms with Gasteiger partial charge in [0, 0.05) is 37.3 Å². The van der Waals surface area contributed by atoms with Crippen molar-refractivity contribution in [2.75, 3.05) is 20.6 Å². The Bertz CT molecular complexity index is 727. The summed E-state index contributed by atoms with van der Waals surface area (Å²) in [5, 5.41) is 7.61. The smallest absolute Gasteiger partial charge is 0.253 e. The molecule has 2 aromatic rings. The largest absolute Gasteiger partial charge is 0.357 e. The Kier molecular flexibility index (Phi) is 9.57. The molecule has 6 nitrogen and oxygen atoms in total. The van der Waals surface area contributed by atoms with Gasteiger partial charge in [-0.05, 0) is 31.5 Å². The fourth-order valence-electron chi connectivity index (χ4n) is 2.18. The number of hydrogen-bond acceptors (Lipinski definition) is 4. The number of benzene rings is 1. The maximum absolute atomic E-state index is 11.9. The Morgan fingerprint density at radius 3 is 2.46 bits per heavy atom. The first kappa shape index (κ1) is 22.4. The number of carbonyl (C=O) groups excluding carboxylic acids is 1. The first-order valence-corrected chi connectivity index (χ1v) is 9.05. The summed E-state index contributed by atoms with van der Waals surface area (Å²) < 4.78 is 0. The van der Waals surface area contributed by atoms with Crippen molar-refractivity contribution in [3.05, 3.63) is 51.5 Å². The van der Waals surface area contributed by atoms with Gasteiger partial charge in [0.2, 0.25) is 0 Å². The minimum absolute atomic E-state index is 0. The topological polar surface area (TPSA) is 69.6 Å². The highest BCUT2D eigenvalue weighted by Gasteiger charge is 2.07. The van der Waals surface area contributed by atoms with Crippen LogP contribution >= 0.6 is 35.3 Å². The van der Waals surface area contributed by atoms with Crippen LogP contribution in [-0.2, 0) is 13.1 Å². The summed E-state index contributed by atoms with van der Waals surface area (Å²) in [7, 11) is 3.50. The molecular formula is C18H26IN5OS. The quantitative estimate of drug-likeness (QED) is 0.374. The molecule has 0 aliphatic rings. The molecule has 142 valence electrons. The molecule has 0 bridgehead atoms. The van der Waals surface area contributed by atoms with Crippen molar-refractivity contribution in [1.82, 2.24) is 20.5 Å². The highest BCUT2D eigenvalue weighted by Crippen LogP contribution is 2.11. The number of thiazole rings is 1. The Balaban J connectivity index is 0.00000338. The highest BCUT2D eigenvalue weighted by atomic mass is 127. The van der Waals surface area contributed by atoms with E-state index in [2.05, 4.69) is 20.6 Å². The van der Waals surface area contributed by atoms with Crippen molar-refractivity contribution in [3.8, 4) is 0 Å². The third-order valence-electron chi connectivity index (χ3n) is 3.47. The molecule has 26 heavy (non-hydrogen) atoms. The lowest BCUT2D eigenvalue weighted by Gasteiger charge is -2.11. The summed E-state index contributed by atoms with van der Waals surface area (Å²) in [5.41, 5.74) is 1.74. The Morgan fingerprint density at radius 2 is 1.92 bits per heavy atom. The molecule has 0 aliphatic carbocycles. The van der Waals surface area contributed by atoms with Crippen LogP contribution in [0.1, 0.15) is 32.7 Å². The number of guanidine groups is 1. The molecule has 0 saturated heterocycles. The molecule has 0 aliphatic heterocycles. The number of halogens is 1. The summed E-state index contributed by atoms with van der Waals surface area (Å²) in [5.74, 6) is 0.770. The van der Waals surface area contributed by atoms with Crippen molar-refractivity contribution in [2.45, 2.75) is 26.9 Å². The van der Waals surface area contributed by atoms with Crippen LogP contribution in [-0.4, -0.2) is 42.4 Å². The number of rotatable bonds is 6. The Labute approximate surface area is 176 Å². The first-order valence-electron chi connectivity index (χ1n) is 8.23. The number of aromatic nitrogens is 1. The molecule has 0 atom stereocenters. The zero-order valence-corrected chi connectivity index (χ0v) is 18.7. The average molecular weight is 487 g/mol. The van der Waals surface area contributed by atoms with Crippen molar-refractivity contribution < 1.29 is 4.79 Å². The van der Waals surface area contributed by atoms with Gasteiger partial charge in [0.15, 0.2) is 5.96 Å². The van der Waals surface area contributed by atoms with Crippen LogP contribution in [0.3, 0.4) is 0 Å². The van der Waals surface area contributed by atoms with Crippen LogP contribution in [0.4, 0.5) is 0 Å². The van der Waals surface area contributed by atoms with Gasteiger partial charge in [-0.2, -0.15) is 0 Å². The second-order valence-corrected chi connectivity index (χ2v) is 7.11. The van der Waals surface area contributed by atoms with Gasteiger partial charge < -0.3 is 15.5 Å². The molecule has 0 saturated carbocycles. The second kappa shape index (κ2) is 11.1. The van der Waals surface area contributed by atoms with Gasteiger partial charge in [-0.3, -0.25) is 4.79 Å². The van der Waals surface area contributed by atoms with Gasteiger partial charge in [0.25, 0.3) is 5.91 Å². The van der Waals surface area contributed by atoms with Crippen LogP contribution < -0.4 is 10.6 Å². The summed E-state index contributed by atoms with van der Waals surface area (Å²) in [6.45, 7) is 6.08. The molecule has 1 heterocycles. The number of aryl methyl sites for hydroxylation is 1. The third-order valence-corrected chi connectivity index (χ3v) is 4.38. The van der Waals surface area contributed by atoms with Crippen LogP contribution in [0.5, 0.6) is 0 Å². The molecule has 1 amide bonds. The van der Waals surface area contributed by atoms with Crippen LogP contribution in [0.25, 0.3) is 0 Å². The zero-order chi connectivity index (χ0) is 18.2. The molecule has 8 heteroatoms. The van der Waals surface area contributed by atoms with E-state index in [0.717, 1.165) is 23.1 Å². The van der Waals surface area contributed by atoms with E-state index in [4.69, 9.17) is 0 Å². The van der Waals surface area contributed by atoms with E-state index in [-0.39, 0.29) is 29.9 Å². The van der Waals surface area contributed by atoms with Crippen LogP contribution in [0, 0.1) is 6.92 Å². The van der Waals surface area contributed by atoms with Gasteiger partial charge in [0.05, 0.1) is 18.1 Å². The Hall–Kier alpha value is -1.68. The van der Waals surface area contributed by atoms with Crippen molar-refractivity contribution >= 4 is 47.2 Å². The molecule has 0 radical (unpaired) electrons. The molecule has 1 aromatic heterocycles. The second-order valence-electron chi connectivity index (χ2n) is 5.79. The fraction of sp³-hybridized carbons (Fsp3) is 0.389. The molecule has 0 unspecified atom stereocenters. The predicted molar refractivity (Wildman–Crippen MR) is 118 cm³/mol. The predicted octanol–water partition coefficient (Wildman–Crippen LogP) is 3.03. The van der Waals surface area contributed by atoms with Crippen LogP contribution in [0.15, 0.2) is 35.5 Å². The minimum atomic E-state index is 0. The number of nitrogens with one attached hydrogen (secondary N) is 2. The summed E-state index contributed by atoms with van der Waals surface area (Å²) in [6.07, 6.45) is 1.89. The maximum Gasteiger partial charge on any atom is 0.253 e. The summed E-state index contributed by atoms with van der Waals surface area (Å²) in [6, 6.07) is 7.56. The number of amides is 1. The Morgan fingerprint density at radius 1 is 1.23 bits per heavy atom. The first-order chi connectivity index (χ1) is 12.0. The highest BCUT2D eigenvalue weighted by molar-refractivity contribution is 14.0. The molecule has 0 fully saturated rings. The van der Waals surface area contributed by atoms with Crippen molar-refractivity contribution in [3.63, 3.8) is 0 Å². The van der Waals surface area contributed by atoms with Gasteiger partial charge in [-0.1, -0.05) is 12.1 Å². The lowest BCUT2D eigenvalue weighted by atomic mass is 10.1. The summed E-state index contributed by atoms with van der Waals surface area (Å²) in [4.78, 5) is 23.5. The molecule has 1 aromatic carbocycles. The van der Waals surface area contributed by atoms with E-state index in [0.29, 0.717) is 18.7 Å². The lowest BCUT2D eigenvalue weighted by molar-refractivity contribution is 0.0827. The number of carbonyl (C=O) groups is 1. The van der Waals surface area contributed by atoms with Gasteiger partial charge in [-0.15, -0.1) is 35.3 Å². The number of hydrogen-bond donors (Lipinski definition) is 2. The van der Waals surface area contributed by atoms with E-state index in [1.54, 1.807) is 30.3 Å². The van der Waals surface area contributed by atoms with Crippen molar-refractivity contribution in [2.24, 2.45) is 4.99 Å². The molecule has 0 spiro atoms. The zero-order valence-electron chi connectivity index (χ0n) is 15.6. The summed E-state index contributed by atoms with van der Waals surface area (Å²) >= 11 is 1.68. The van der Waals surface area contributed by atoms with Crippen molar-refractivity contribution in [1.29, 1.82) is 0 Å². The average Bonchev–Trinajstić information content (AvgIpc) is 3.02. The normalized spacial score (nSPS) is 10.8. The van der Waals surface area contributed by atoms with E-state index in [1.165, 1.54) is 4.88 Å². The van der Waals surface area contributed by atoms with E-state index in [1.807, 2.05) is 44.3 Å². The minimum Gasteiger partial charge on any atom is -0.357 e. The fourth-order valence-corrected chi connectivity index (χ4v) is 2.92. The monoisotopic (exact) mass is 487 g/mol. The molecular weight excluding hydrogens is 461 g/mol. The van der Waals surface area contributed by atoms with Gasteiger partial charge >= 0.3 is 0 Å².